The number of benzene rings is 2. The minimum absolute atomic E-state index is 0.616. The Hall–Kier alpha value is -2.33. The predicted molar refractivity (Wildman–Crippen MR) is 93.7 cm³/mol. The van der Waals surface area contributed by atoms with E-state index >= 15 is 0 Å². The van der Waals surface area contributed by atoms with Crippen molar-refractivity contribution in [1.82, 2.24) is 4.98 Å². The molecule has 0 spiro atoms. The number of fused-ring (bicyclic) bond motifs is 1. The molecule has 0 bridgehead atoms. The Kier molecular flexibility index (Phi) is 3.62. The topological polar surface area (TPSA) is 42.2 Å². The molecule has 1 heterocycles. The van der Waals surface area contributed by atoms with Gasteiger partial charge < -0.3 is 10.6 Å². The van der Waals surface area contributed by atoms with E-state index in [2.05, 4.69) is 58.4 Å². The number of thiazole rings is 1. The second-order valence-corrected chi connectivity index (χ2v) is 6.16. The van der Waals surface area contributed by atoms with E-state index in [0.717, 1.165) is 15.8 Å². The lowest BCUT2D eigenvalue weighted by atomic mass is 10.1. The van der Waals surface area contributed by atoms with Crippen LogP contribution in [0.25, 0.3) is 22.4 Å². The molecule has 2 aromatic carbocycles. The number of hydrogen-bond donors (Lipinski definition) is 1. The molecule has 0 aliphatic carbocycles. The molecule has 3 aromatic rings. The van der Waals surface area contributed by atoms with Gasteiger partial charge >= 0.3 is 0 Å². The van der Waals surface area contributed by atoms with Crippen LogP contribution in [0.15, 0.2) is 42.5 Å². The third-order valence-corrected chi connectivity index (χ3v) is 4.15. The van der Waals surface area contributed by atoms with Crippen molar-refractivity contribution in [3.8, 4) is 0 Å². The zero-order valence-electron chi connectivity index (χ0n) is 12.1. The highest BCUT2D eigenvalue weighted by Gasteiger charge is 2.00. The maximum absolute atomic E-state index is 5.73. The van der Waals surface area contributed by atoms with Crippen LogP contribution in [0.1, 0.15) is 11.1 Å². The molecule has 0 radical (unpaired) electrons. The van der Waals surface area contributed by atoms with Gasteiger partial charge in [0.15, 0.2) is 5.13 Å². The van der Waals surface area contributed by atoms with E-state index in [4.69, 9.17) is 5.73 Å². The van der Waals surface area contributed by atoms with Crippen LogP contribution in [0, 0.1) is 0 Å². The Labute approximate surface area is 128 Å². The number of hydrogen-bond acceptors (Lipinski definition) is 4. The van der Waals surface area contributed by atoms with Crippen LogP contribution in [0.2, 0.25) is 0 Å². The molecule has 1 aromatic heterocycles. The predicted octanol–water partition coefficient (Wildman–Crippen LogP) is 4.11. The van der Waals surface area contributed by atoms with Crippen LogP contribution < -0.4 is 10.6 Å². The molecule has 0 unspecified atom stereocenters. The normalized spacial score (nSPS) is 11.3. The summed E-state index contributed by atoms with van der Waals surface area (Å²) in [6.07, 6.45) is 4.23. The van der Waals surface area contributed by atoms with Crippen molar-refractivity contribution in [3.63, 3.8) is 0 Å². The van der Waals surface area contributed by atoms with Crippen LogP contribution in [0.4, 0.5) is 10.8 Å². The third-order valence-electron chi connectivity index (χ3n) is 3.31. The summed E-state index contributed by atoms with van der Waals surface area (Å²) >= 11 is 1.52. The maximum atomic E-state index is 5.73. The molecule has 2 N–H and O–H groups in total. The van der Waals surface area contributed by atoms with Crippen molar-refractivity contribution in [2.24, 2.45) is 0 Å². The lowest BCUT2D eigenvalue weighted by Crippen LogP contribution is -2.07. The van der Waals surface area contributed by atoms with E-state index in [1.807, 2.05) is 20.2 Å². The molecular formula is C17H17N3S. The molecule has 0 fully saturated rings. The number of nitrogens with two attached hydrogens (primary N) is 1. The fraction of sp³-hybridized carbons (Fsp3) is 0.118. The molecule has 106 valence electrons. The van der Waals surface area contributed by atoms with Crippen LogP contribution >= 0.6 is 11.3 Å². The zero-order chi connectivity index (χ0) is 14.8. The van der Waals surface area contributed by atoms with Crippen LogP contribution in [-0.2, 0) is 0 Å². The monoisotopic (exact) mass is 295 g/mol. The van der Waals surface area contributed by atoms with E-state index in [1.54, 1.807) is 0 Å². The number of aromatic nitrogens is 1. The van der Waals surface area contributed by atoms with Crippen LogP contribution in [0.5, 0.6) is 0 Å². The summed E-state index contributed by atoms with van der Waals surface area (Å²) < 4.78 is 1.12. The highest BCUT2D eigenvalue weighted by atomic mass is 32.1. The van der Waals surface area contributed by atoms with Crippen LogP contribution in [-0.4, -0.2) is 19.1 Å². The molecule has 3 rings (SSSR count). The molecule has 4 heteroatoms. The summed E-state index contributed by atoms with van der Waals surface area (Å²) in [7, 11) is 4.08. The summed E-state index contributed by atoms with van der Waals surface area (Å²) in [5.41, 5.74) is 10.2. The van der Waals surface area contributed by atoms with Crippen molar-refractivity contribution < 1.29 is 0 Å². The van der Waals surface area contributed by atoms with Gasteiger partial charge in [-0.3, -0.25) is 0 Å². The van der Waals surface area contributed by atoms with Gasteiger partial charge in [0.05, 0.1) is 10.2 Å². The van der Waals surface area contributed by atoms with Gasteiger partial charge in [0, 0.05) is 19.8 Å². The molecule has 3 nitrogen and oxygen atoms in total. The fourth-order valence-electron chi connectivity index (χ4n) is 2.14. The molecule has 0 aliphatic heterocycles. The zero-order valence-corrected chi connectivity index (χ0v) is 12.9. The highest BCUT2D eigenvalue weighted by molar-refractivity contribution is 7.22. The second kappa shape index (κ2) is 5.58. The third kappa shape index (κ3) is 3.06. The Morgan fingerprint density at radius 2 is 1.67 bits per heavy atom. The molecular weight excluding hydrogens is 278 g/mol. The van der Waals surface area contributed by atoms with Gasteiger partial charge in [0.1, 0.15) is 0 Å². The van der Waals surface area contributed by atoms with Crippen molar-refractivity contribution >= 4 is 44.5 Å². The summed E-state index contributed by atoms with van der Waals surface area (Å²) in [5, 5.41) is 0.616. The first-order chi connectivity index (χ1) is 10.1. The number of anilines is 2. The molecule has 0 aliphatic rings. The molecule has 0 atom stereocenters. The minimum atomic E-state index is 0.616. The smallest absolute Gasteiger partial charge is 0.181 e. The summed E-state index contributed by atoms with van der Waals surface area (Å²) in [5.74, 6) is 0. The molecule has 0 saturated heterocycles. The van der Waals surface area contributed by atoms with Crippen LogP contribution in [0.3, 0.4) is 0 Å². The minimum Gasteiger partial charge on any atom is -0.378 e. The van der Waals surface area contributed by atoms with Gasteiger partial charge in [0.2, 0.25) is 0 Å². The Morgan fingerprint density at radius 1 is 1.00 bits per heavy atom. The van der Waals surface area contributed by atoms with Crippen molar-refractivity contribution in [2.45, 2.75) is 0 Å². The van der Waals surface area contributed by atoms with E-state index in [9.17, 15) is 0 Å². The maximum Gasteiger partial charge on any atom is 0.181 e. The SMILES string of the molecule is CN(C)c1ccc(C=Cc2ccc3nc(N)sc3c2)cc1. The van der Waals surface area contributed by atoms with E-state index < -0.39 is 0 Å². The highest BCUT2D eigenvalue weighted by Crippen LogP contribution is 2.25. The average molecular weight is 295 g/mol. The van der Waals surface area contributed by atoms with Gasteiger partial charge in [-0.05, 0) is 35.4 Å². The second-order valence-electron chi connectivity index (χ2n) is 5.10. The molecule has 0 amide bonds. The summed E-state index contributed by atoms with van der Waals surface area (Å²) in [6.45, 7) is 0. The summed E-state index contributed by atoms with van der Waals surface area (Å²) in [4.78, 5) is 6.36. The first kappa shape index (κ1) is 13.6. The van der Waals surface area contributed by atoms with Gasteiger partial charge in [-0.2, -0.15) is 0 Å². The number of nitrogen functional groups attached to an aromatic ring is 1. The number of nitrogens with zero attached hydrogens (tertiary/aromatic N) is 2. The Bertz CT molecular complexity index is 785. The van der Waals surface area contributed by atoms with Gasteiger partial charge in [-0.25, -0.2) is 4.98 Å². The largest absolute Gasteiger partial charge is 0.378 e. The van der Waals surface area contributed by atoms with Crippen molar-refractivity contribution in [2.75, 3.05) is 24.7 Å². The van der Waals surface area contributed by atoms with Gasteiger partial charge in [-0.1, -0.05) is 41.7 Å². The van der Waals surface area contributed by atoms with Crippen molar-refractivity contribution in [3.05, 3.63) is 53.6 Å². The first-order valence-corrected chi connectivity index (χ1v) is 7.55. The lowest BCUT2D eigenvalue weighted by Gasteiger charge is -2.11. The van der Waals surface area contributed by atoms with Gasteiger partial charge in [-0.15, -0.1) is 0 Å². The average Bonchev–Trinajstić information content (AvgIpc) is 2.84. The fourth-order valence-corrected chi connectivity index (χ4v) is 2.92. The van der Waals surface area contributed by atoms with E-state index in [0.29, 0.717) is 5.13 Å². The summed E-state index contributed by atoms with van der Waals surface area (Å²) in [6, 6.07) is 14.7. The molecule has 21 heavy (non-hydrogen) atoms. The lowest BCUT2D eigenvalue weighted by molar-refractivity contribution is 1.13. The first-order valence-electron chi connectivity index (χ1n) is 6.73. The standard InChI is InChI=1S/C17H17N3S/c1-20(2)14-8-5-12(6-9-14)3-4-13-7-10-15-16(11-13)21-17(18)19-15/h3-11H,1-2H3,(H2,18,19). The van der Waals surface area contributed by atoms with Crippen molar-refractivity contribution in [1.29, 1.82) is 0 Å². The molecule has 0 saturated carbocycles. The van der Waals surface area contributed by atoms with E-state index in [1.165, 1.54) is 22.6 Å². The van der Waals surface area contributed by atoms with E-state index in [-0.39, 0.29) is 0 Å². The Morgan fingerprint density at radius 3 is 2.38 bits per heavy atom. The van der Waals surface area contributed by atoms with Gasteiger partial charge in [0.25, 0.3) is 0 Å². The quantitative estimate of drug-likeness (QED) is 0.739. The Balaban J connectivity index is 1.83. The number of rotatable bonds is 3.